The molecular formula is C18H19NO. The normalized spacial score (nSPS) is 19.6. The number of benzene rings is 2. The minimum atomic E-state index is 0.525. The zero-order chi connectivity index (χ0) is 13.5. The van der Waals surface area contributed by atoms with E-state index in [1.165, 1.54) is 40.7 Å². The first-order chi connectivity index (χ1) is 9.86. The Kier molecular flexibility index (Phi) is 2.78. The highest BCUT2D eigenvalue weighted by Gasteiger charge is 2.22. The van der Waals surface area contributed by atoms with Crippen LogP contribution < -0.4 is 10.1 Å². The van der Waals surface area contributed by atoms with Gasteiger partial charge in [0.1, 0.15) is 5.75 Å². The molecule has 0 aromatic heterocycles. The summed E-state index contributed by atoms with van der Waals surface area (Å²) in [5.74, 6) is 1.09. The zero-order valence-electron chi connectivity index (χ0n) is 11.8. The third-order valence-corrected chi connectivity index (χ3v) is 4.59. The molecule has 2 aromatic rings. The van der Waals surface area contributed by atoms with Crippen molar-refractivity contribution in [3.05, 3.63) is 53.1 Å². The second-order valence-electron chi connectivity index (χ2n) is 5.69. The summed E-state index contributed by atoms with van der Waals surface area (Å²) in [7, 11) is 2.05. The van der Waals surface area contributed by atoms with Crippen LogP contribution in [0.5, 0.6) is 5.75 Å². The van der Waals surface area contributed by atoms with Gasteiger partial charge in [0, 0.05) is 18.0 Å². The Morgan fingerprint density at radius 1 is 1.10 bits per heavy atom. The summed E-state index contributed by atoms with van der Waals surface area (Å²) in [6, 6.07) is 13.9. The first-order valence-corrected chi connectivity index (χ1v) is 7.42. The van der Waals surface area contributed by atoms with Crippen LogP contribution in [-0.4, -0.2) is 13.7 Å². The highest BCUT2D eigenvalue weighted by atomic mass is 16.5. The van der Waals surface area contributed by atoms with Gasteiger partial charge >= 0.3 is 0 Å². The van der Waals surface area contributed by atoms with Gasteiger partial charge in [0.05, 0.1) is 6.61 Å². The van der Waals surface area contributed by atoms with Crippen LogP contribution in [0.25, 0.3) is 11.1 Å². The third-order valence-electron chi connectivity index (χ3n) is 4.59. The van der Waals surface area contributed by atoms with Crippen LogP contribution in [0, 0.1) is 0 Å². The summed E-state index contributed by atoms with van der Waals surface area (Å²) >= 11 is 0. The van der Waals surface area contributed by atoms with Gasteiger partial charge in [0.25, 0.3) is 0 Å². The first kappa shape index (κ1) is 12.0. The van der Waals surface area contributed by atoms with Gasteiger partial charge in [-0.1, -0.05) is 36.4 Å². The molecule has 1 aliphatic heterocycles. The van der Waals surface area contributed by atoms with Gasteiger partial charge in [-0.25, -0.2) is 0 Å². The van der Waals surface area contributed by atoms with E-state index in [4.69, 9.17) is 4.74 Å². The second-order valence-corrected chi connectivity index (χ2v) is 5.69. The maximum Gasteiger partial charge on any atom is 0.130 e. The van der Waals surface area contributed by atoms with Gasteiger partial charge in [-0.05, 0) is 42.1 Å². The van der Waals surface area contributed by atoms with E-state index in [0.29, 0.717) is 6.04 Å². The van der Waals surface area contributed by atoms with Gasteiger partial charge in [-0.3, -0.25) is 0 Å². The van der Waals surface area contributed by atoms with Crippen LogP contribution in [0.15, 0.2) is 36.4 Å². The average Bonchev–Trinajstić information content (AvgIpc) is 3.12. The van der Waals surface area contributed by atoms with Crippen LogP contribution >= 0.6 is 0 Å². The number of aryl methyl sites for hydroxylation is 1. The minimum Gasteiger partial charge on any atom is -0.492 e. The summed E-state index contributed by atoms with van der Waals surface area (Å²) < 4.78 is 5.83. The van der Waals surface area contributed by atoms with E-state index >= 15 is 0 Å². The SMILES string of the molecule is CNC1CCc2cc(-c3cccc4c3OCC4)ccc21. The molecule has 2 heteroatoms. The monoisotopic (exact) mass is 265 g/mol. The summed E-state index contributed by atoms with van der Waals surface area (Å²) in [5, 5.41) is 3.40. The van der Waals surface area contributed by atoms with E-state index in [1.807, 2.05) is 7.05 Å². The fourth-order valence-electron chi connectivity index (χ4n) is 3.53. The Bertz CT molecular complexity index is 662. The van der Waals surface area contributed by atoms with Crippen LogP contribution in [0.1, 0.15) is 29.2 Å². The lowest BCUT2D eigenvalue weighted by Gasteiger charge is -2.12. The Labute approximate surface area is 119 Å². The summed E-state index contributed by atoms with van der Waals surface area (Å²) in [6.07, 6.45) is 3.42. The van der Waals surface area contributed by atoms with Crippen LogP contribution in [0.2, 0.25) is 0 Å². The number of hydrogen-bond acceptors (Lipinski definition) is 2. The van der Waals surface area contributed by atoms with E-state index in [0.717, 1.165) is 18.8 Å². The molecule has 0 fully saturated rings. The topological polar surface area (TPSA) is 21.3 Å². The number of fused-ring (bicyclic) bond motifs is 2. The summed E-state index contributed by atoms with van der Waals surface area (Å²) in [5.41, 5.74) is 6.83. The molecule has 2 nitrogen and oxygen atoms in total. The lowest BCUT2D eigenvalue weighted by atomic mass is 9.97. The second kappa shape index (κ2) is 4.64. The molecule has 2 aliphatic rings. The number of nitrogens with one attached hydrogen (secondary N) is 1. The summed E-state index contributed by atoms with van der Waals surface area (Å²) in [6.45, 7) is 0.819. The van der Waals surface area contributed by atoms with Crippen LogP contribution in [0.4, 0.5) is 0 Å². The molecule has 20 heavy (non-hydrogen) atoms. The maximum atomic E-state index is 5.83. The molecule has 0 spiro atoms. The van der Waals surface area contributed by atoms with Gasteiger partial charge in [-0.15, -0.1) is 0 Å². The molecule has 0 saturated heterocycles. The molecule has 0 saturated carbocycles. The van der Waals surface area contributed by atoms with Gasteiger partial charge in [0.2, 0.25) is 0 Å². The molecule has 1 unspecified atom stereocenters. The predicted molar refractivity (Wildman–Crippen MR) is 81.2 cm³/mol. The largest absolute Gasteiger partial charge is 0.492 e. The zero-order valence-corrected chi connectivity index (χ0v) is 11.8. The highest BCUT2D eigenvalue weighted by Crippen LogP contribution is 2.39. The van der Waals surface area contributed by atoms with Crippen molar-refractivity contribution in [2.24, 2.45) is 0 Å². The average molecular weight is 265 g/mol. The van der Waals surface area contributed by atoms with Crippen molar-refractivity contribution in [1.82, 2.24) is 5.32 Å². The maximum absolute atomic E-state index is 5.83. The Balaban J connectivity index is 1.79. The number of rotatable bonds is 2. The molecular weight excluding hydrogens is 246 g/mol. The summed E-state index contributed by atoms with van der Waals surface area (Å²) in [4.78, 5) is 0. The number of para-hydroxylation sites is 1. The molecule has 2 aromatic carbocycles. The predicted octanol–water partition coefficient (Wildman–Crippen LogP) is 3.50. The van der Waals surface area contributed by atoms with E-state index in [-0.39, 0.29) is 0 Å². The van der Waals surface area contributed by atoms with E-state index < -0.39 is 0 Å². The molecule has 102 valence electrons. The molecule has 1 N–H and O–H groups in total. The molecule has 1 aliphatic carbocycles. The van der Waals surface area contributed by atoms with Crippen molar-refractivity contribution in [2.75, 3.05) is 13.7 Å². The fraction of sp³-hybridized carbons (Fsp3) is 0.333. The molecule has 0 radical (unpaired) electrons. The van der Waals surface area contributed by atoms with Gasteiger partial charge in [0.15, 0.2) is 0 Å². The van der Waals surface area contributed by atoms with Gasteiger partial charge < -0.3 is 10.1 Å². The Hall–Kier alpha value is -1.80. The molecule has 0 bridgehead atoms. The van der Waals surface area contributed by atoms with Crippen molar-refractivity contribution < 1.29 is 4.74 Å². The van der Waals surface area contributed by atoms with Crippen molar-refractivity contribution in [3.8, 4) is 16.9 Å². The fourth-order valence-corrected chi connectivity index (χ4v) is 3.53. The van der Waals surface area contributed by atoms with Crippen molar-refractivity contribution in [2.45, 2.75) is 25.3 Å². The van der Waals surface area contributed by atoms with E-state index in [1.54, 1.807) is 0 Å². The molecule has 1 atom stereocenters. The van der Waals surface area contributed by atoms with Crippen LogP contribution in [0.3, 0.4) is 0 Å². The van der Waals surface area contributed by atoms with Gasteiger partial charge in [-0.2, -0.15) is 0 Å². The lowest BCUT2D eigenvalue weighted by Crippen LogP contribution is -2.12. The van der Waals surface area contributed by atoms with E-state index in [9.17, 15) is 0 Å². The Morgan fingerprint density at radius 3 is 2.95 bits per heavy atom. The molecule has 0 amide bonds. The number of ether oxygens (including phenoxy) is 1. The van der Waals surface area contributed by atoms with Crippen LogP contribution in [-0.2, 0) is 12.8 Å². The first-order valence-electron chi connectivity index (χ1n) is 7.42. The molecule has 1 heterocycles. The number of hydrogen-bond donors (Lipinski definition) is 1. The lowest BCUT2D eigenvalue weighted by molar-refractivity contribution is 0.358. The van der Waals surface area contributed by atoms with Crippen molar-refractivity contribution in [3.63, 3.8) is 0 Å². The standard InChI is InChI=1S/C18H19NO/c1-19-17-8-6-13-11-14(5-7-15(13)17)16-4-2-3-12-9-10-20-18(12)16/h2-5,7,11,17,19H,6,8-10H2,1H3. The van der Waals surface area contributed by atoms with E-state index in [2.05, 4.69) is 41.7 Å². The molecule has 4 rings (SSSR count). The van der Waals surface area contributed by atoms with Crippen molar-refractivity contribution in [1.29, 1.82) is 0 Å². The quantitative estimate of drug-likeness (QED) is 0.897. The Morgan fingerprint density at radius 2 is 2.05 bits per heavy atom. The van der Waals surface area contributed by atoms with Crippen molar-refractivity contribution >= 4 is 0 Å². The third kappa shape index (κ3) is 1.75. The minimum absolute atomic E-state index is 0.525. The smallest absolute Gasteiger partial charge is 0.130 e. The highest BCUT2D eigenvalue weighted by molar-refractivity contribution is 5.74.